The Hall–Kier alpha value is -2.72. The van der Waals surface area contributed by atoms with E-state index in [-0.39, 0.29) is 0 Å². The number of hydrazine groups is 1. The molecule has 1 rings (SSSR count). The molecule has 0 saturated heterocycles. The Labute approximate surface area is 113 Å². The Balaban J connectivity index is 2.35. The van der Waals surface area contributed by atoms with Crippen LogP contribution in [0.15, 0.2) is 10.2 Å². The average Bonchev–Trinajstić information content (AvgIpc) is 2.42. The van der Waals surface area contributed by atoms with Crippen LogP contribution in [0.1, 0.15) is 32.1 Å². The van der Waals surface area contributed by atoms with E-state index in [1.807, 2.05) is 10.9 Å². The van der Waals surface area contributed by atoms with Crippen LogP contribution in [0, 0.1) is 10.1 Å². The van der Waals surface area contributed by atoms with Crippen LogP contribution in [0.25, 0.3) is 0 Å². The van der Waals surface area contributed by atoms with E-state index in [0.717, 1.165) is 37.8 Å². The number of nitrogens with two attached hydrogens (primary N) is 1. The summed E-state index contributed by atoms with van der Waals surface area (Å²) in [6, 6.07) is 0. The molecular formula is C9H15N7O4. The van der Waals surface area contributed by atoms with Gasteiger partial charge in [0.05, 0.1) is 0 Å². The number of hydrogen-bond acceptors (Lipinski definition) is 5. The summed E-state index contributed by atoms with van der Waals surface area (Å²) in [6.45, 7) is 0. The van der Waals surface area contributed by atoms with Crippen molar-refractivity contribution in [2.24, 2.45) is 15.9 Å². The molecule has 2 amide bonds. The van der Waals surface area contributed by atoms with Crippen molar-refractivity contribution >= 4 is 23.5 Å². The predicted molar refractivity (Wildman–Crippen MR) is 68.6 cm³/mol. The first-order chi connectivity index (χ1) is 9.49. The minimum atomic E-state index is -1.09. The third-order valence-corrected chi connectivity index (χ3v) is 2.45. The van der Waals surface area contributed by atoms with Gasteiger partial charge in [-0.25, -0.2) is 15.5 Å². The summed E-state index contributed by atoms with van der Waals surface area (Å²) in [5.74, 6) is -2.76. The van der Waals surface area contributed by atoms with Crippen molar-refractivity contribution in [2.45, 2.75) is 32.1 Å². The molecule has 0 radical (unpaired) electrons. The SMILES string of the molecule is N/C(=N\[N+](=O)[O-])NNC(=O)C(=O)NN=C1CCCCC1. The molecule has 0 aromatic rings. The summed E-state index contributed by atoms with van der Waals surface area (Å²) in [5, 5.41) is 15.4. The van der Waals surface area contributed by atoms with Gasteiger partial charge in [-0.15, -0.1) is 0 Å². The Morgan fingerprint density at radius 2 is 1.80 bits per heavy atom. The lowest BCUT2D eigenvalue weighted by Crippen LogP contribution is -2.50. The van der Waals surface area contributed by atoms with Crippen LogP contribution in [0.4, 0.5) is 0 Å². The second-order valence-electron chi connectivity index (χ2n) is 3.98. The van der Waals surface area contributed by atoms with Crippen molar-refractivity contribution in [3.05, 3.63) is 10.1 Å². The maximum Gasteiger partial charge on any atom is 0.331 e. The zero-order valence-electron chi connectivity index (χ0n) is 10.6. The van der Waals surface area contributed by atoms with Gasteiger partial charge < -0.3 is 5.73 Å². The first-order valence-corrected chi connectivity index (χ1v) is 5.89. The molecule has 0 atom stereocenters. The minimum absolute atomic E-state index is 0.658. The summed E-state index contributed by atoms with van der Waals surface area (Å²) in [4.78, 5) is 32.6. The molecule has 11 heteroatoms. The van der Waals surface area contributed by atoms with E-state index in [9.17, 15) is 19.7 Å². The van der Waals surface area contributed by atoms with Crippen LogP contribution in [0.5, 0.6) is 0 Å². The fourth-order valence-corrected chi connectivity index (χ4v) is 1.54. The monoisotopic (exact) mass is 285 g/mol. The maximum absolute atomic E-state index is 11.3. The number of hydrogen-bond donors (Lipinski definition) is 4. The molecule has 0 unspecified atom stereocenters. The van der Waals surface area contributed by atoms with Crippen molar-refractivity contribution in [1.29, 1.82) is 0 Å². The second kappa shape index (κ2) is 7.66. The topological polar surface area (TPSA) is 164 Å². The molecule has 11 nitrogen and oxygen atoms in total. The van der Waals surface area contributed by atoms with Gasteiger partial charge in [-0.05, 0) is 25.7 Å². The summed E-state index contributed by atoms with van der Waals surface area (Å²) >= 11 is 0. The Morgan fingerprint density at radius 3 is 2.40 bits per heavy atom. The zero-order chi connectivity index (χ0) is 15.0. The molecule has 5 N–H and O–H groups in total. The Kier molecular flexibility index (Phi) is 5.87. The van der Waals surface area contributed by atoms with Gasteiger partial charge in [0.1, 0.15) is 5.10 Å². The van der Waals surface area contributed by atoms with E-state index >= 15 is 0 Å². The Bertz CT molecular complexity index is 451. The van der Waals surface area contributed by atoms with E-state index in [1.165, 1.54) is 0 Å². The number of guanidine groups is 1. The van der Waals surface area contributed by atoms with Gasteiger partial charge >= 0.3 is 11.8 Å². The lowest BCUT2D eigenvalue weighted by molar-refractivity contribution is -0.485. The van der Waals surface area contributed by atoms with Crippen LogP contribution in [0.3, 0.4) is 0 Å². The minimum Gasteiger partial charge on any atom is -0.363 e. The van der Waals surface area contributed by atoms with Crippen molar-refractivity contribution in [3.8, 4) is 0 Å². The van der Waals surface area contributed by atoms with Crippen molar-refractivity contribution in [1.82, 2.24) is 16.3 Å². The van der Waals surface area contributed by atoms with Gasteiger partial charge in [0.25, 0.3) is 5.96 Å². The van der Waals surface area contributed by atoms with E-state index < -0.39 is 22.8 Å². The second-order valence-corrected chi connectivity index (χ2v) is 3.98. The number of carbonyl (C=O) groups excluding carboxylic acids is 2. The molecule has 1 aliphatic carbocycles. The highest BCUT2D eigenvalue weighted by molar-refractivity contribution is 6.35. The first kappa shape index (κ1) is 15.3. The molecule has 0 bridgehead atoms. The molecule has 0 heterocycles. The van der Waals surface area contributed by atoms with Gasteiger partial charge in [-0.1, -0.05) is 6.42 Å². The number of amides is 2. The highest BCUT2D eigenvalue weighted by Gasteiger charge is 2.14. The molecule has 0 aromatic heterocycles. The largest absolute Gasteiger partial charge is 0.363 e. The van der Waals surface area contributed by atoms with E-state index in [1.54, 1.807) is 0 Å². The molecule has 0 aliphatic heterocycles. The van der Waals surface area contributed by atoms with Gasteiger partial charge in [0.2, 0.25) is 0 Å². The van der Waals surface area contributed by atoms with Gasteiger partial charge in [-0.3, -0.25) is 20.4 Å². The average molecular weight is 285 g/mol. The van der Waals surface area contributed by atoms with Crippen LogP contribution in [-0.4, -0.2) is 28.5 Å². The van der Waals surface area contributed by atoms with Crippen LogP contribution in [-0.2, 0) is 9.59 Å². The van der Waals surface area contributed by atoms with E-state index in [2.05, 4.69) is 15.6 Å². The standard InChI is InChI=1S/C9H15N7O4/c10-9(15-16(19)20)14-13-8(18)7(17)12-11-6-4-2-1-3-5-6/h1-5H2,(H,12,17)(H,13,18)(H3,10,14,15). The van der Waals surface area contributed by atoms with Crippen molar-refractivity contribution in [2.75, 3.05) is 0 Å². The van der Waals surface area contributed by atoms with E-state index in [4.69, 9.17) is 5.73 Å². The highest BCUT2D eigenvalue weighted by atomic mass is 16.7. The van der Waals surface area contributed by atoms with Gasteiger partial charge in [-0.2, -0.15) is 5.10 Å². The molecule has 1 saturated carbocycles. The Morgan fingerprint density at radius 1 is 1.15 bits per heavy atom. The van der Waals surface area contributed by atoms with E-state index in [0.29, 0.717) is 0 Å². The molecule has 110 valence electrons. The molecule has 20 heavy (non-hydrogen) atoms. The summed E-state index contributed by atoms with van der Waals surface area (Å²) in [7, 11) is 0. The normalized spacial score (nSPS) is 15.2. The molecule has 1 fully saturated rings. The fraction of sp³-hybridized carbons (Fsp3) is 0.556. The zero-order valence-corrected chi connectivity index (χ0v) is 10.6. The molecule has 0 spiro atoms. The quantitative estimate of drug-likeness (QED) is 0.159. The summed E-state index contributed by atoms with van der Waals surface area (Å²) < 4.78 is 0. The van der Waals surface area contributed by atoms with Crippen LogP contribution in [0.2, 0.25) is 0 Å². The number of hydrazone groups is 2. The molecule has 1 aliphatic rings. The third kappa shape index (κ3) is 5.75. The highest BCUT2D eigenvalue weighted by Crippen LogP contribution is 2.13. The number of carbonyl (C=O) groups is 2. The number of rotatable bonds is 2. The lowest BCUT2D eigenvalue weighted by atomic mass is 9.99. The summed E-state index contributed by atoms with van der Waals surface area (Å²) in [6.07, 6.45) is 4.74. The van der Waals surface area contributed by atoms with Crippen molar-refractivity contribution in [3.63, 3.8) is 0 Å². The van der Waals surface area contributed by atoms with Gasteiger partial charge in [0, 0.05) is 5.71 Å². The predicted octanol–water partition coefficient (Wildman–Crippen LogP) is -1.45. The smallest absolute Gasteiger partial charge is 0.331 e. The van der Waals surface area contributed by atoms with Crippen LogP contribution < -0.4 is 22.0 Å². The number of nitro groups is 1. The maximum atomic E-state index is 11.3. The number of nitrogens with zero attached hydrogens (tertiary/aromatic N) is 3. The lowest BCUT2D eigenvalue weighted by Gasteiger charge is -2.11. The number of nitrogens with one attached hydrogen (secondary N) is 3. The molecular weight excluding hydrogens is 270 g/mol. The van der Waals surface area contributed by atoms with Crippen LogP contribution >= 0.6 is 0 Å². The first-order valence-electron chi connectivity index (χ1n) is 5.89. The van der Waals surface area contributed by atoms with Crippen molar-refractivity contribution < 1.29 is 14.6 Å². The molecule has 0 aromatic carbocycles. The third-order valence-electron chi connectivity index (χ3n) is 2.45. The van der Waals surface area contributed by atoms with Gasteiger partial charge in [0.15, 0.2) is 5.03 Å². The fourth-order valence-electron chi connectivity index (χ4n) is 1.54. The summed E-state index contributed by atoms with van der Waals surface area (Å²) in [5.41, 5.74) is 11.7.